The molecule has 18 heavy (non-hydrogen) atoms. The molecule has 0 unspecified atom stereocenters. The average molecular weight is 258 g/mol. The molecule has 0 spiro atoms. The predicted molar refractivity (Wildman–Crippen MR) is 56.9 cm³/mol. The fraction of sp³-hybridized carbons (Fsp3) is 0.273. The highest BCUT2D eigenvalue weighted by molar-refractivity contribution is 6.15. The number of imide groups is 1. The van der Waals surface area contributed by atoms with Crippen molar-refractivity contribution >= 4 is 17.6 Å². The second-order valence-corrected chi connectivity index (χ2v) is 3.76. The lowest BCUT2D eigenvalue weighted by atomic mass is 10.1. The lowest BCUT2D eigenvalue weighted by molar-refractivity contribution is -0.137. The summed E-state index contributed by atoms with van der Waals surface area (Å²) in [5.41, 5.74) is -0.974. The Morgan fingerprint density at radius 3 is 2.56 bits per heavy atom. The van der Waals surface area contributed by atoms with E-state index in [1.54, 1.807) is 0 Å². The smallest absolute Gasteiger partial charge is 0.337 e. The lowest BCUT2D eigenvalue weighted by Crippen LogP contribution is -2.50. The molecular formula is C11H9F3N2O2. The zero-order chi connectivity index (χ0) is 13.3. The monoisotopic (exact) mass is 258 g/mol. The Labute approximate surface area is 100 Å². The minimum absolute atomic E-state index is 0.0714. The van der Waals surface area contributed by atoms with E-state index in [0.29, 0.717) is 0 Å². The van der Waals surface area contributed by atoms with Gasteiger partial charge in [-0.2, -0.15) is 13.2 Å². The van der Waals surface area contributed by atoms with Gasteiger partial charge in [0, 0.05) is 13.0 Å². The van der Waals surface area contributed by atoms with Crippen LogP contribution in [0.25, 0.3) is 0 Å². The van der Waals surface area contributed by atoms with Crippen molar-refractivity contribution in [2.45, 2.75) is 12.6 Å². The quantitative estimate of drug-likeness (QED) is 0.839. The van der Waals surface area contributed by atoms with E-state index < -0.39 is 23.7 Å². The molecule has 0 bridgehead atoms. The summed E-state index contributed by atoms with van der Waals surface area (Å²) in [6.07, 6.45) is -4.44. The molecule has 3 amide bonds. The third kappa shape index (κ3) is 2.29. The summed E-state index contributed by atoms with van der Waals surface area (Å²) in [7, 11) is 0. The van der Waals surface area contributed by atoms with Crippen molar-refractivity contribution in [1.29, 1.82) is 0 Å². The maximum absolute atomic E-state index is 12.5. The largest absolute Gasteiger partial charge is 0.416 e. The van der Waals surface area contributed by atoms with Crippen molar-refractivity contribution in [1.82, 2.24) is 5.32 Å². The number of nitrogens with one attached hydrogen (secondary N) is 1. The summed E-state index contributed by atoms with van der Waals surface area (Å²) >= 11 is 0. The third-order valence-corrected chi connectivity index (χ3v) is 2.50. The highest BCUT2D eigenvalue weighted by atomic mass is 19.4. The van der Waals surface area contributed by atoms with E-state index in [-0.39, 0.29) is 18.7 Å². The number of nitrogens with zero attached hydrogens (tertiary/aromatic N) is 1. The molecular weight excluding hydrogens is 249 g/mol. The molecule has 1 heterocycles. The molecule has 0 radical (unpaired) electrons. The van der Waals surface area contributed by atoms with Gasteiger partial charge in [0.1, 0.15) is 0 Å². The molecule has 1 N–H and O–H groups in total. The van der Waals surface area contributed by atoms with Gasteiger partial charge < -0.3 is 5.32 Å². The Bertz CT molecular complexity index is 483. The second-order valence-electron chi connectivity index (χ2n) is 3.76. The van der Waals surface area contributed by atoms with Gasteiger partial charge in [0.05, 0.1) is 11.3 Å². The predicted octanol–water partition coefficient (Wildman–Crippen LogP) is 2.15. The summed E-state index contributed by atoms with van der Waals surface area (Å²) in [6.45, 7) is 0.202. The lowest BCUT2D eigenvalue weighted by Gasteiger charge is -2.26. The summed E-state index contributed by atoms with van der Waals surface area (Å²) in [4.78, 5) is 23.7. The Morgan fingerprint density at radius 2 is 1.94 bits per heavy atom. The molecule has 0 aromatic heterocycles. The number of urea groups is 1. The van der Waals surface area contributed by atoms with E-state index in [4.69, 9.17) is 0 Å². The summed E-state index contributed by atoms with van der Waals surface area (Å²) in [6, 6.07) is 3.41. The number of hydrogen-bond acceptors (Lipinski definition) is 2. The number of hydrogen-bond donors (Lipinski definition) is 1. The molecule has 4 nitrogen and oxygen atoms in total. The van der Waals surface area contributed by atoms with Crippen molar-refractivity contribution in [3.63, 3.8) is 0 Å². The maximum atomic E-state index is 12.5. The molecule has 1 aromatic rings. The normalized spacial score (nSPS) is 16.7. The Hall–Kier alpha value is -2.05. The van der Waals surface area contributed by atoms with E-state index >= 15 is 0 Å². The van der Waals surface area contributed by atoms with E-state index in [2.05, 4.69) is 5.32 Å². The van der Waals surface area contributed by atoms with Crippen LogP contribution in [0.5, 0.6) is 0 Å². The van der Waals surface area contributed by atoms with Crippen molar-refractivity contribution in [2.24, 2.45) is 0 Å². The fourth-order valence-corrected chi connectivity index (χ4v) is 1.66. The van der Waals surface area contributed by atoms with Gasteiger partial charge in [-0.25, -0.2) is 9.69 Å². The molecule has 1 aromatic carbocycles. The van der Waals surface area contributed by atoms with Gasteiger partial charge in [-0.05, 0) is 18.2 Å². The van der Waals surface area contributed by atoms with Crippen LogP contribution in [0.2, 0.25) is 0 Å². The first kappa shape index (κ1) is 12.4. The molecule has 2 rings (SSSR count). The van der Waals surface area contributed by atoms with Gasteiger partial charge in [0.15, 0.2) is 0 Å². The molecule has 1 fully saturated rings. The van der Waals surface area contributed by atoms with Crippen LogP contribution in [0.1, 0.15) is 12.0 Å². The van der Waals surface area contributed by atoms with Crippen molar-refractivity contribution in [2.75, 3.05) is 11.4 Å². The standard InChI is InChI=1S/C11H9F3N2O2/c12-11(13,14)7-2-1-3-8(6-7)16-9(17)4-5-15-10(16)18/h1-3,6H,4-5H2,(H,15,18). The van der Waals surface area contributed by atoms with Crippen molar-refractivity contribution in [3.8, 4) is 0 Å². The van der Waals surface area contributed by atoms with Gasteiger partial charge in [-0.3, -0.25) is 4.79 Å². The van der Waals surface area contributed by atoms with E-state index in [0.717, 1.165) is 23.1 Å². The first-order chi connectivity index (χ1) is 8.39. The minimum atomic E-state index is -4.51. The second kappa shape index (κ2) is 4.32. The average Bonchev–Trinajstić information content (AvgIpc) is 2.28. The van der Waals surface area contributed by atoms with Crippen molar-refractivity contribution < 1.29 is 22.8 Å². The Kier molecular flexibility index (Phi) is 2.98. The maximum Gasteiger partial charge on any atom is 0.416 e. The molecule has 0 aliphatic carbocycles. The van der Waals surface area contributed by atoms with Gasteiger partial charge in [0.25, 0.3) is 0 Å². The summed E-state index contributed by atoms with van der Waals surface area (Å²) in [5.74, 6) is -0.516. The number of benzene rings is 1. The number of rotatable bonds is 1. The van der Waals surface area contributed by atoms with Crippen LogP contribution in [0.4, 0.5) is 23.7 Å². The Balaban J connectivity index is 2.38. The number of anilines is 1. The zero-order valence-electron chi connectivity index (χ0n) is 9.12. The topological polar surface area (TPSA) is 49.4 Å². The van der Waals surface area contributed by atoms with Crippen LogP contribution in [0.15, 0.2) is 24.3 Å². The van der Waals surface area contributed by atoms with Gasteiger partial charge in [0.2, 0.25) is 5.91 Å². The van der Waals surface area contributed by atoms with Crippen LogP contribution in [0, 0.1) is 0 Å². The summed E-state index contributed by atoms with van der Waals surface area (Å²) < 4.78 is 37.6. The number of carbonyl (C=O) groups is 2. The SMILES string of the molecule is O=C1CCNC(=O)N1c1cccc(C(F)(F)F)c1. The highest BCUT2D eigenvalue weighted by Crippen LogP contribution is 2.32. The number of carbonyl (C=O) groups excluding carboxylic acids is 2. The Morgan fingerprint density at radius 1 is 1.22 bits per heavy atom. The van der Waals surface area contributed by atoms with Gasteiger partial charge in [-0.15, -0.1) is 0 Å². The number of halogens is 3. The molecule has 0 atom stereocenters. The zero-order valence-corrected chi connectivity index (χ0v) is 9.12. The van der Waals surface area contributed by atoms with Crippen LogP contribution in [0.3, 0.4) is 0 Å². The van der Waals surface area contributed by atoms with Crippen molar-refractivity contribution in [3.05, 3.63) is 29.8 Å². The molecule has 1 aliphatic heterocycles. The van der Waals surface area contributed by atoms with E-state index in [1.165, 1.54) is 6.07 Å². The van der Waals surface area contributed by atoms with Crippen LogP contribution in [-0.4, -0.2) is 18.5 Å². The van der Waals surface area contributed by atoms with Crippen LogP contribution < -0.4 is 10.2 Å². The number of amides is 3. The number of alkyl halides is 3. The summed E-state index contributed by atoms with van der Waals surface area (Å²) in [5, 5.41) is 2.40. The van der Waals surface area contributed by atoms with Gasteiger partial charge in [-0.1, -0.05) is 6.07 Å². The molecule has 1 aliphatic rings. The van der Waals surface area contributed by atoms with Crippen LogP contribution >= 0.6 is 0 Å². The first-order valence-electron chi connectivity index (χ1n) is 5.17. The van der Waals surface area contributed by atoms with Gasteiger partial charge >= 0.3 is 12.2 Å². The third-order valence-electron chi connectivity index (χ3n) is 2.50. The molecule has 7 heteroatoms. The molecule has 1 saturated heterocycles. The molecule has 96 valence electrons. The minimum Gasteiger partial charge on any atom is -0.337 e. The van der Waals surface area contributed by atoms with Crippen LogP contribution in [-0.2, 0) is 11.0 Å². The van der Waals surface area contributed by atoms with E-state index in [9.17, 15) is 22.8 Å². The van der Waals surface area contributed by atoms with E-state index in [1.807, 2.05) is 0 Å². The first-order valence-corrected chi connectivity index (χ1v) is 5.17. The molecule has 0 saturated carbocycles. The fourth-order valence-electron chi connectivity index (χ4n) is 1.66. The highest BCUT2D eigenvalue weighted by Gasteiger charge is 2.33.